The molecule has 0 bridgehead atoms. The van der Waals surface area contributed by atoms with E-state index in [1.807, 2.05) is 56.3 Å². The Morgan fingerprint density at radius 2 is 1.57 bits per heavy atom. The number of unbranched alkanes of at least 4 members (excludes halogenated alkanes) is 2. The number of carbonyl (C=O) groups is 2. The molecule has 30 heavy (non-hydrogen) atoms. The minimum Gasteiger partial charge on any atom is -0.354 e. The fraction of sp³-hybridized carbons (Fsp3) is 0.440. The topological polar surface area (TPSA) is 75.4 Å². The molecule has 0 aromatic heterocycles. The largest absolute Gasteiger partial charge is 0.354 e. The van der Waals surface area contributed by atoms with Crippen molar-refractivity contribution in [2.75, 3.05) is 20.1 Å². The van der Waals surface area contributed by atoms with Crippen molar-refractivity contribution in [3.05, 3.63) is 60.2 Å². The predicted molar refractivity (Wildman–Crippen MR) is 123 cm³/mol. The van der Waals surface area contributed by atoms with Crippen LogP contribution in [0.2, 0.25) is 0 Å². The van der Waals surface area contributed by atoms with Crippen LogP contribution < -0.4 is 11.1 Å². The van der Waals surface area contributed by atoms with Crippen LogP contribution in [-0.2, 0) is 16.0 Å². The molecule has 1 atom stereocenters. The quantitative estimate of drug-likeness (QED) is 0.557. The number of nitrogens with one attached hydrogen (secondary N) is 1. The standard InChI is InChI=1S/C25H35N3O2/c1-19(2)24(25(30)27-17-9-5-8-16-26)28(3)23(29)18-20-12-14-22(15-13-20)21-10-6-4-7-11-21/h4,6-7,10-15,19,24H,5,8-9,16-18,26H2,1-3H3,(H,27,30)/t24-/m1/s1. The van der Waals surface area contributed by atoms with Crippen molar-refractivity contribution in [2.24, 2.45) is 11.7 Å². The maximum absolute atomic E-state index is 12.9. The average molecular weight is 410 g/mol. The Hall–Kier alpha value is -2.66. The SMILES string of the molecule is CC(C)[C@H](C(=O)NCCCCCN)N(C)C(=O)Cc1ccc(-c2ccccc2)cc1. The van der Waals surface area contributed by atoms with E-state index >= 15 is 0 Å². The number of rotatable bonds is 11. The van der Waals surface area contributed by atoms with Crippen LogP contribution >= 0.6 is 0 Å². The van der Waals surface area contributed by atoms with Crippen molar-refractivity contribution in [3.63, 3.8) is 0 Å². The molecule has 0 aliphatic carbocycles. The van der Waals surface area contributed by atoms with Crippen LogP contribution in [0.4, 0.5) is 0 Å². The molecule has 162 valence electrons. The predicted octanol–water partition coefficient (Wildman–Crippen LogP) is 3.62. The zero-order chi connectivity index (χ0) is 21.9. The summed E-state index contributed by atoms with van der Waals surface area (Å²) in [4.78, 5) is 27.1. The fourth-order valence-corrected chi connectivity index (χ4v) is 3.59. The number of nitrogens with zero attached hydrogens (tertiary/aromatic N) is 1. The molecule has 2 amide bonds. The molecule has 0 radical (unpaired) electrons. The van der Waals surface area contributed by atoms with E-state index in [9.17, 15) is 9.59 Å². The van der Waals surface area contributed by atoms with Crippen molar-refractivity contribution in [1.29, 1.82) is 0 Å². The third-order valence-electron chi connectivity index (χ3n) is 5.31. The highest BCUT2D eigenvalue weighted by Crippen LogP contribution is 2.20. The van der Waals surface area contributed by atoms with Gasteiger partial charge in [-0.3, -0.25) is 9.59 Å². The molecule has 0 heterocycles. The molecule has 0 saturated heterocycles. The summed E-state index contributed by atoms with van der Waals surface area (Å²) in [5.74, 6) is -0.115. The molecule has 2 aromatic rings. The van der Waals surface area contributed by atoms with E-state index in [0.717, 1.165) is 36.0 Å². The van der Waals surface area contributed by atoms with Crippen LogP contribution in [0.15, 0.2) is 54.6 Å². The summed E-state index contributed by atoms with van der Waals surface area (Å²) in [6.45, 7) is 5.23. The van der Waals surface area contributed by atoms with Crippen molar-refractivity contribution in [2.45, 2.75) is 45.6 Å². The summed E-state index contributed by atoms with van der Waals surface area (Å²) < 4.78 is 0. The van der Waals surface area contributed by atoms with E-state index in [1.54, 1.807) is 11.9 Å². The van der Waals surface area contributed by atoms with Gasteiger partial charge in [0.1, 0.15) is 6.04 Å². The van der Waals surface area contributed by atoms with Crippen molar-refractivity contribution in [3.8, 4) is 11.1 Å². The van der Waals surface area contributed by atoms with Gasteiger partial charge in [-0.15, -0.1) is 0 Å². The Morgan fingerprint density at radius 1 is 0.933 bits per heavy atom. The van der Waals surface area contributed by atoms with Gasteiger partial charge in [-0.05, 0) is 42.0 Å². The van der Waals surface area contributed by atoms with Crippen LogP contribution in [-0.4, -0.2) is 42.9 Å². The first-order valence-electron chi connectivity index (χ1n) is 10.8. The third kappa shape index (κ3) is 6.99. The lowest BCUT2D eigenvalue weighted by atomic mass is 10.00. The van der Waals surface area contributed by atoms with Crippen molar-refractivity contribution >= 4 is 11.8 Å². The van der Waals surface area contributed by atoms with E-state index in [4.69, 9.17) is 5.73 Å². The average Bonchev–Trinajstić information content (AvgIpc) is 2.74. The van der Waals surface area contributed by atoms with E-state index in [2.05, 4.69) is 17.4 Å². The lowest BCUT2D eigenvalue weighted by Gasteiger charge is -2.30. The number of likely N-dealkylation sites (N-methyl/N-ethyl adjacent to an activating group) is 1. The van der Waals surface area contributed by atoms with Crippen LogP contribution in [0.1, 0.15) is 38.7 Å². The number of benzene rings is 2. The molecule has 0 fully saturated rings. The smallest absolute Gasteiger partial charge is 0.243 e. The Balaban J connectivity index is 1.95. The molecule has 5 heteroatoms. The molecule has 0 spiro atoms. The summed E-state index contributed by atoms with van der Waals surface area (Å²) in [5.41, 5.74) is 8.71. The van der Waals surface area contributed by atoms with Gasteiger partial charge in [-0.25, -0.2) is 0 Å². The first-order valence-corrected chi connectivity index (χ1v) is 10.8. The highest BCUT2D eigenvalue weighted by molar-refractivity contribution is 5.88. The lowest BCUT2D eigenvalue weighted by Crippen LogP contribution is -2.51. The summed E-state index contributed by atoms with van der Waals surface area (Å²) in [5, 5.41) is 2.97. The Labute approximate surface area is 180 Å². The van der Waals surface area contributed by atoms with E-state index in [-0.39, 0.29) is 24.2 Å². The highest BCUT2D eigenvalue weighted by Gasteiger charge is 2.29. The van der Waals surface area contributed by atoms with Crippen molar-refractivity contribution < 1.29 is 9.59 Å². The van der Waals surface area contributed by atoms with Gasteiger partial charge >= 0.3 is 0 Å². The number of amides is 2. The Kier molecular flexibility index (Phi) is 9.55. The van der Waals surface area contributed by atoms with Crippen LogP contribution in [0.25, 0.3) is 11.1 Å². The summed E-state index contributed by atoms with van der Waals surface area (Å²) >= 11 is 0. The molecule has 0 saturated carbocycles. The van der Waals surface area contributed by atoms with Gasteiger partial charge in [0.25, 0.3) is 0 Å². The van der Waals surface area contributed by atoms with Gasteiger partial charge in [-0.2, -0.15) is 0 Å². The normalized spacial score (nSPS) is 11.9. The second-order valence-electron chi connectivity index (χ2n) is 8.07. The van der Waals surface area contributed by atoms with E-state index in [0.29, 0.717) is 13.1 Å². The molecule has 0 unspecified atom stereocenters. The van der Waals surface area contributed by atoms with Crippen molar-refractivity contribution in [1.82, 2.24) is 10.2 Å². The third-order valence-corrected chi connectivity index (χ3v) is 5.31. The van der Waals surface area contributed by atoms with Gasteiger partial charge in [0.2, 0.25) is 11.8 Å². The Bertz CT molecular complexity index is 788. The maximum Gasteiger partial charge on any atom is 0.243 e. The highest BCUT2D eigenvalue weighted by atomic mass is 16.2. The monoisotopic (exact) mass is 409 g/mol. The molecular weight excluding hydrogens is 374 g/mol. The second-order valence-corrected chi connectivity index (χ2v) is 8.07. The molecular formula is C25H35N3O2. The zero-order valence-electron chi connectivity index (χ0n) is 18.4. The molecule has 2 rings (SSSR count). The molecule has 5 nitrogen and oxygen atoms in total. The summed E-state index contributed by atoms with van der Waals surface area (Å²) in [6, 6.07) is 17.7. The molecule has 3 N–H and O–H groups in total. The molecule has 2 aromatic carbocycles. The van der Waals surface area contributed by atoms with Gasteiger partial charge in [0.15, 0.2) is 0 Å². The number of hydrogen-bond acceptors (Lipinski definition) is 3. The second kappa shape index (κ2) is 12.1. The number of hydrogen-bond donors (Lipinski definition) is 2. The van der Waals surface area contributed by atoms with Crippen LogP contribution in [0.3, 0.4) is 0 Å². The van der Waals surface area contributed by atoms with Gasteiger partial charge in [0, 0.05) is 13.6 Å². The van der Waals surface area contributed by atoms with Gasteiger partial charge < -0.3 is 16.0 Å². The summed E-state index contributed by atoms with van der Waals surface area (Å²) in [6.07, 6.45) is 3.14. The summed E-state index contributed by atoms with van der Waals surface area (Å²) in [7, 11) is 1.72. The minimum atomic E-state index is -0.476. The Morgan fingerprint density at radius 3 is 2.17 bits per heavy atom. The number of carbonyl (C=O) groups excluding carboxylic acids is 2. The first kappa shape index (κ1) is 23.6. The minimum absolute atomic E-state index is 0.0310. The fourth-order valence-electron chi connectivity index (χ4n) is 3.59. The molecule has 0 aliphatic heterocycles. The van der Waals surface area contributed by atoms with Crippen LogP contribution in [0.5, 0.6) is 0 Å². The number of nitrogens with two attached hydrogens (primary N) is 1. The van der Waals surface area contributed by atoms with E-state index in [1.165, 1.54) is 0 Å². The zero-order valence-corrected chi connectivity index (χ0v) is 18.4. The van der Waals surface area contributed by atoms with Gasteiger partial charge in [-0.1, -0.05) is 74.9 Å². The van der Waals surface area contributed by atoms with Gasteiger partial charge in [0.05, 0.1) is 6.42 Å². The molecule has 0 aliphatic rings. The van der Waals surface area contributed by atoms with Crippen LogP contribution in [0, 0.1) is 5.92 Å². The lowest BCUT2D eigenvalue weighted by molar-refractivity contribution is -0.140. The first-order chi connectivity index (χ1) is 14.4. The maximum atomic E-state index is 12.9. The van der Waals surface area contributed by atoms with E-state index < -0.39 is 6.04 Å².